The van der Waals surface area contributed by atoms with Crippen LogP contribution < -0.4 is 0 Å². The fourth-order valence-electron chi connectivity index (χ4n) is 0.954. The molecule has 12 heavy (non-hydrogen) atoms. The molecule has 0 amide bonds. The molecule has 4 nitrogen and oxygen atoms in total. The van der Waals surface area contributed by atoms with Gasteiger partial charge in [0.05, 0.1) is 12.7 Å². The molecule has 0 atom stereocenters. The molecule has 0 aromatic heterocycles. The predicted molar refractivity (Wildman–Crippen MR) is 40.2 cm³/mol. The van der Waals surface area contributed by atoms with Crippen LogP contribution in [-0.4, -0.2) is 24.8 Å². The van der Waals surface area contributed by atoms with E-state index in [9.17, 15) is 4.79 Å². The molecule has 0 bridgehead atoms. The summed E-state index contributed by atoms with van der Waals surface area (Å²) in [4.78, 5) is 11.2. The molecule has 0 aromatic rings. The topological polar surface area (TPSA) is 59.3 Å². The molecule has 0 saturated heterocycles. The van der Waals surface area contributed by atoms with Gasteiger partial charge in [-0.05, 0) is 19.8 Å². The summed E-state index contributed by atoms with van der Waals surface area (Å²) in [6.07, 6.45) is 1.35. The molecule has 0 radical (unpaired) electrons. The van der Waals surface area contributed by atoms with Crippen LogP contribution in [0.15, 0.2) is 0 Å². The third-order valence-electron chi connectivity index (χ3n) is 1.76. The van der Waals surface area contributed by atoms with Gasteiger partial charge in [-0.3, -0.25) is 0 Å². The highest BCUT2D eigenvalue weighted by Crippen LogP contribution is 2.40. The minimum atomic E-state index is -0.772. The molecule has 4 heteroatoms. The van der Waals surface area contributed by atoms with E-state index in [-0.39, 0.29) is 12.6 Å². The molecule has 1 aliphatic rings. The van der Waals surface area contributed by atoms with E-state index in [1.807, 2.05) is 6.07 Å². The Morgan fingerprint density at radius 2 is 2.33 bits per heavy atom. The molecule has 66 valence electrons. The van der Waals surface area contributed by atoms with Gasteiger partial charge in [-0.2, -0.15) is 5.26 Å². The Kier molecular flexibility index (Phi) is 2.66. The van der Waals surface area contributed by atoms with Gasteiger partial charge in [0.1, 0.15) is 6.61 Å². The van der Waals surface area contributed by atoms with Gasteiger partial charge in [-0.25, -0.2) is 4.79 Å². The minimum absolute atomic E-state index is 0.0428. The summed E-state index contributed by atoms with van der Waals surface area (Å²) in [5.41, 5.74) is -0.772. The lowest BCUT2D eigenvalue weighted by atomic mass is 10.3. The van der Waals surface area contributed by atoms with Crippen LogP contribution in [0.1, 0.15) is 19.8 Å². The molecule has 1 rings (SSSR count). The van der Waals surface area contributed by atoms with Crippen LogP contribution in [-0.2, 0) is 14.3 Å². The zero-order chi connectivity index (χ0) is 9.03. The third-order valence-corrected chi connectivity index (χ3v) is 1.76. The molecule has 0 heterocycles. The third kappa shape index (κ3) is 1.74. The van der Waals surface area contributed by atoms with Crippen molar-refractivity contribution in [1.82, 2.24) is 0 Å². The van der Waals surface area contributed by atoms with Crippen LogP contribution >= 0.6 is 0 Å². The predicted octanol–water partition coefficient (Wildman–Crippen LogP) is 0.622. The van der Waals surface area contributed by atoms with E-state index >= 15 is 0 Å². The molecular formula is C8H11NO3. The van der Waals surface area contributed by atoms with Crippen molar-refractivity contribution in [2.75, 3.05) is 13.2 Å². The number of hydrogen-bond donors (Lipinski definition) is 0. The Hall–Kier alpha value is -1.08. The molecule has 0 N–H and O–H groups in total. The minimum Gasteiger partial charge on any atom is -0.464 e. The van der Waals surface area contributed by atoms with Crippen LogP contribution in [0, 0.1) is 11.3 Å². The number of nitrogens with zero attached hydrogens (tertiary/aromatic N) is 1. The van der Waals surface area contributed by atoms with Gasteiger partial charge in [-0.1, -0.05) is 0 Å². The van der Waals surface area contributed by atoms with Crippen molar-refractivity contribution >= 4 is 5.97 Å². The number of nitriles is 1. The zero-order valence-electron chi connectivity index (χ0n) is 7.00. The summed E-state index contributed by atoms with van der Waals surface area (Å²) in [7, 11) is 0. The first-order valence-electron chi connectivity index (χ1n) is 3.93. The average Bonchev–Trinajstić information content (AvgIpc) is 2.82. The van der Waals surface area contributed by atoms with Crippen LogP contribution in [0.4, 0.5) is 0 Å². The van der Waals surface area contributed by atoms with Crippen LogP contribution in [0.2, 0.25) is 0 Å². The molecule has 1 fully saturated rings. The molecule has 1 aliphatic carbocycles. The highest BCUT2D eigenvalue weighted by Gasteiger charge is 2.52. The zero-order valence-corrected chi connectivity index (χ0v) is 7.00. The second kappa shape index (κ2) is 3.55. The second-order valence-electron chi connectivity index (χ2n) is 2.66. The molecule has 0 aromatic carbocycles. The van der Waals surface area contributed by atoms with Crippen molar-refractivity contribution in [2.24, 2.45) is 0 Å². The molecule has 0 aliphatic heterocycles. The highest BCUT2D eigenvalue weighted by atomic mass is 16.6. The van der Waals surface area contributed by atoms with E-state index in [4.69, 9.17) is 14.7 Å². The summed E-state index contributed by atoms with van der Waals surface area (Å²) in [5.74, 6) is -0.333. The molecule has 0 spiro atoms. The van der Waals surface area contributed by atoms with Crippen molar-refractivity contribution in [3.8, 4) is 6.07 Å². The molecular weight excluding hydrogens is 158 g/mol. The van der Waals surface area contributed by atoms with Crippen LogP contribution in [0.3, 0.4) is 0 Å². The van der Waals surface area contributed by atoms with Crippen LogP contribution in [0.25, 0.3) is 0 Å². The van der Waals surface area contributed by atoms with Crippen molar-refractivity contribution < 1.29 is 14.3 Å². The second-order valence-corrected chi connectivity index (χ2v) is 2.66. The normalized spacial score (nSPS) is 18.0. The van der Waals surface area contributed by atoms with Gasteiger partial charge in [0, 0.05) is 0 Å². The lowest BCUT2D eigenvalue weighted by molar-refractivity contribution is -0.158. The quantitative estimate of drug-likeness (QED) is 0.579. The van der Waals surface area contributed by atoms with Gasteiger partial charge in [0.25, 0.3) is 0 Å². The first kappa shape index (κ1) is 9.01. The Labute approximate surface area is 71.1 Å². The lowest BCUT2D eigenvalue weighted by Crippen LogP contribution is -2.28. The van der Waals surface area contributed by atoms with Gasteiger partial charge in [0.15, 0.2) is 5.60 Å². The van der Waals surface area contributed by atoms with Gasteiger partial charge in [-0.15, -0.1) is 0 Å². The smallest absolute Gasteiger partial charge is 0.338 e. The van der Waals surface area contributed by atoms with Crippen LogP contribution in [0.5, 0.6) is 0 Å². The van der Waals surface area contributed by atoms with Crippen molar-refractivity contribution in [2.45, 2.75) is 25.4 Å². The van der Waals surface area contributed by atoms with Gasteiger partial charge >= 0.3 is 5.97 Å². The maximum absolute atomic E-state index is 11.2. The maximum Gasteiger partial charge on any atom is 0.338 e. The Balaban J connectivity index is 2.38. The van der Waals surface area contributed by atoms with Crippen molar-refractivity contribution in [3.63, 3.8) is 0 Å². The van der Waals surface area contributed by atoms with E-state index in [1.54, 1.807) is 6.92 Å². The number of hydrogen-bond acceptors (Lipinski definition) is 4. The number of ether oxygens (including phenoxy) is 2. The highest BCUT2D eigenvalue weighted by molar-refractivity contribution is 5.82. The standard InChI is InChI=1S/C8H11NO3/c1-2-11-7(10)8(3-4-8)12-6-5-9/h2-4,6H2,1H3. The summed E-state index contributed by atoms with van der Waals surface area (Å²) in [5, 5.41) is 8.24. The number of rotatable bonds is 4. The summed E-state index contributed by atoms with van der Waals surface area (Å²) in [6.45, 7) is 2.06. The first-order chi connectivity index (χ1) is 5.75. The number of carbonyl (C=O) groups excluding carboxylic acids is 1. The number of carbonyl (C=O) groups is 1. The largest absolute Gasteiger partial charge is 0.464 e. The Bertz CT molecular complexity index is 215. The average molecular weight is 169 g/mol. The molecule has 0 unspecified atom stereocenters. The Morgan fingerprint density at radius 3 is 2.75 bits per heavy atom. The van der Waals surface area contributed by atoms with Crippen molar-refractivity contribution in [1.29, 1.82) is 5.26 Å². The first-order valence-corrected chi connectivity index (χ1v) is 3.93. The lowest BCUT2D eigenvalue weighted by Gasteiger charge is -2.11. The summed E-state index contributed by atoms with van der Waals surface area (Å²) in [6, 6.07) is 1.83. The van der Waals surface area contributed by atoms with Crippen molar-refractivity contribution in [3.05, 3.63) is 0 Å². The maximum atomic E-state index is 11.2. The summed E-state index contributed by atoms with van der Waals surface area (Å²) < 4.78 is 9.86. The van der Waals surface area contributed by atoms with E-state index < -0.39 is 5.60 Å². The van der Waals surface area contributed by atoms with Gasteiger partial charge in [0.2, 0.25) is 0 Å². The Morgan fingerprint density at radius 1 is 1.67 bits per heavy atom. The van der Waals surface area contributed by atoms with E-state index in [0.29, 0.717) is 19.4 Å². The molecule has 1 saturated carbocycles. The monoisotopic (exact) mass is 169 g/mol. The SMILES string of the molecule is CCOC(=O)C1(OCC#N)CC1. The summed E-state index contributed by atoms with van der Waals surface area (Å²) >= 11 is 0. The van der Waals surface area contributed by atoms with E-state index in [0.717, 1.165) is 0 Å². The van der Waals surface area contributed by atoms with Gasteiger partial charge < -0.3 is 9.47 Å². The fraction of sp³-hybridized carbons (Fsp3) is 0.750. The number of esters is 1. The fourth-order valence-corrected chi connectivity index (χ4v) is 0.954. The van der Waals surface area contributed by atoms with E-state index in [1.165, 1.54) is 0 Å². The van der Waals surface area contributed by atoms with E-state index in [2.05, 4.69) is 0 Å².